The lowest BCUT2D eigenvalue weighted by Gasteiger charge is -2.26. The summed E-state index contributed by atoms with van der Waals surface area (Å²) in [5, 5.41) is 3.73. The minimum absolute atomic E-state index is 0. The molecule has 0 aliphatic rings. The van der Waals surface area contributed by atoms with E-state index >= 15 is 0 Å². The van der Waals surface area contributed by atoms with E-state index in [2.05, 4.69) is 25.2 Å². The van der Waals surface area contributed by atoms with Gasteiger partial charge < -0.3 is 11.1 Å². The van der Waals surface area contributed by atoms with E-state index in [0.717, 1.165) is 11.4 Å². The monoisotopic (exact) mass is 332 g/mol. The van der Waals surface area contributed by atoms with E-state index in [1.54, 1.807) is 0 Å². The van der Waals surface area contributed by atoms with Crippen molar-refractivity contribution in [3.63, 3.8) is 0 Å². The number of carbonyl (C=O) groups is 1. The second kappa shape index (κ2) is 8.62. The molecule has 2 unspecified atom stereocenters. The number of rotatable bonds is 6. The Bertz CT molecular complexity index is 461. The van der Waals surface area contributed by atoms with Crippen LogP contribution in [0.1, 0.15) is 33.3 Å². The van der Waals surface area contributed by atoms with Crippen molar-refractivity contribution in [1.82, 2.24) is 5.32 Å². The Morgan fingerprint density at radius 1 is 1.38 bits per heavy atom. The molecule has 0 aliphatic heterocycles. The van der Waals surface area contributed by atoms with Gasteiger partial charge in [-0.1, -0.05) is 44.5 Å². The quantitative estimate of drug-likeness (QED) is 0.838. The van der Waals surface area contributed by atoms with Gasteiger partial charge in [0.25, 0.3) is 0 Å². The Balaban J connectivity index is 0.00000400. The Kier molecular flexibility index (Phi) is 8.30. The Hall–Kier alpha value is -0.770. The highest BCUT2D eigenvalue weighted by atomic mass is 35.5. The van der Waals surface area contributed by atoms with Gasteiger partial charge in [-0.3, -0.25) is 4.79 Å². The van der Waals surface area contributed by atoms with Gasteiger partial charge in [-0.05, 0) is 36.5 Å². The summed E-state index contributed by atoms with van der Waals surface area (Å²) in [5.41, 5.74) is 6.89. The van der Waals surface area contributed by atoms with Crippen LogP contribution in [-0.4, -0.2) is 18.5 Å². The molecule has 1 amide bonds. The number of nitrogens with one attached hydrogen (secondary N) is 1. The molecule has 0 fully saturated rings. The predicted molar refractivity (Wildman–Crippen MR) is 92.0 cm³/mol. The molecule has 21 heavy (non-hydrogen) atoms. The van der Waals surface area contributed by atoms with Crippen LogP contribution in [0.5, 0.6) is 0 Å². The molecular weight excluding hydrogens is 307 g/mol. The molecule has 1 aromatic rings. The summed E-state index contributed by atoms with van der Waals surface area (Å²) in [6.07, 6.45) is 0.862. The van der Waals surface area contributed by atoms with E-state index in [4.69, 9.17) is 17.3 Å². The van der Waals surface area contributed by atoms with Gasteiger partial charge in [0, 0.05) is 23.5 Å². The fourth-order valence-corrected chi connectivity index (χ4v) is 2.20. The van der Waals surface area contributed by atoms with Gasteiger partial charge in [0.05, 0.1) is 0 Å². The molecule has 0 radical (unpaired) electrons. The SMILES string of the molecule is CC(N)C(C)C(=O)NCC(C)(C)Cc1cccc(Cl)c1.Cl. The molecule has 0 saturated heterocycles. The van der Waals surface area contributed by atoms with Crippen molar-refractivity contribution in [3.8, 4) is 0 Å². The summed E-state index contributed by atoms with van der Waals surface area (Å²) in [6.45, 7) is 8.58. The maximum absolute atomic E-state index is 11.9. The molecule has 3 nitrogen and oxygen atoms in total. The van der Waals surface area contributed by atoms with E-state index in [9.17, 15) is 4.79 Å². The van der Waals surface area contributed by atoms with Crippen molar-refractivity contribution in [1.29, 1.82) is 0 Å². The van der Waals surface area contributed by atoms with E-state index < -0.39 is 0 Å². The minimum atomic E-state index is -0.169. The number of halogens is 2. The highest BCUT2D eigenvalue weighted by Crippen LogP contribution is 2.23. The lowest BCUT2D eigenvalue weighted by Crippen LogP contribution is -2.42. The molecule has 0 spiro atoms. The van der Waals surface area contributed by atoms with Crippen LogP contribution < -0.4 is 11.1 Å². The van der Waals surface area contributed by atoms with Gasteiger partial charge >= 0.3 is 0 Å². The van der Waals surface area contributed by atoms with E-state index in [1.807, 2.05) is 32.0 Å². The van der Waals surface area contributed by atoms with Gasteiger partial charge in [-0.2, -0.15) is 0 Å². The first-order valence-electron chi connectivity index (χ1n) is 6.99. The van der Waals surface area contributed by atoms with Crippen molar-refractivity contribution in [2.24, 2.45) is 17.1 Å². The Labute approximate surface area is 139 Å². The van der Waals surface area contributed by atoms with Gasteiger partial charge in [-0.25, -0.2) is 0 Å². The maximum Gasteiger partial charge on any atom is 0.224 e. The molecular formula is C16H26Cl2N2O. The van der Waals surface area contributed by atoms with Crippen molar-refractivity contribution in [2.75, 3.05) is 6.54 Å². The van der Waals surface area contributed by atoms with Crippen molar-refractivity contribution in [2.45, 2.75) is 40.2 Å². The second-order valence-electron chi connectivity index (χ2n) is 6.34. The molecule has 0 saturated carbocycles. The van der Waals surface area contributed by atoms with Gasteiger partial charge in [0.2, 0.25) is 5.91 Å². The lowest BCUT2D eigenvalue weighted by molar-refractivity contribution is -0.125. The zero-order chi connectivity index (χ0) is 15.3. The molecule has 0 aliphatic carbocycles. The predicted octanol–water partition coefficient (Wildman–Crippen LogP) is 3.43. The Morgan fingerprint density at radius 3 is 2.52 bits per heavy atom. The zero-order valence-electron chi connectivity index (χ0n) is 13.2. The van der Waals surface area contributed by atoms with E-state index in [-0.39, 0.29) is 35.7 Å². The maximum atomic E-state index is 11.9. The molecule has 1 aromatic carbocycles. The molecule has 0 bridgehead atoms. The number of nitrogens with two attached hydrogens (primary N) is 1. The summed E-state index contributed by atoms with van der Waals surface area (Å²) < 4.78 is 0. The van der Waals surface area contributed by atoms with Crippen LogP contribution in [0.4, 0.5) is 0 Å². The molecule has 0 heterocycles. The summed E-state index contributed by atoms with van der Waals surface area (Å²) >= 11 is 5.99. The second-order valence-corrected chi connectivity index (χ2v) is 6.77. The van der Waals surface area contributed by atoms with Crippen LogP contribution in [0.2, 0.25) is 5.02 Å². The van der Waals surface area contributed by atoms with Crippen LogP contribution in [0.15, 0.2) is 24.3 Å². The van der Waals surface area contributed by atoms with E-state index in [1.165, 1.54) is 5.56 Å². The third-order valence-corrected chi connectivity index (χ3v) is 3.75. The third-order valence-electron chi connectivity index (χ3n) is 3.52. The summed E-state index contributed by atoms with van der Waals surface area (Å²) in [6, 6.07) is 7.70. The average molecular weight is 333 g/mol. The molecule has 2 atom stereocenters. The summed E-state index contributed by atoms with van der Waals surface area (Å²) in [7, 11) is 0. The first-order valence-corrected chi connectivity index (χ1v) is 7.37. The first-order chi connectivity index (χ1) is 9.21. The fraction of sp³-hybridized carbons (Fsp3) is 0.562. The molecule has 1 rings (SSSR count). The van der Waals surface area contributed by atoms with Crippen LogP contribution in [0, 0.1) is 11.3 Å². The number of carbonyl (C=O) groups excluding carboxylic acids is 1. The van der Waals surface area contributed by atoms with Crippen LogP contribution in [0.25, 0.3) is 0 Å². The topological polar surface area (TPSA) is 55.1 Å². The van der Waals surface area contributed by atoms with E-state index in [0.29, 0.717) is 6.54 Å². The normalized spacial score (nSPS) is 14.0. The smallest absolute Gasteiger partial charge is 0.224 e. The van der Waals surface area contributed by atoms with Gasteiger partial charge in [0.1, 0.15) is 0 Å². The molecule has 3 N–H and O–H groups in total. The van der Waals surface area contributed by atoms with Gasteiger partial charge in [0.15, 0.2) is 0 Å². The van der Waals surface area contributed by atoms with Crippen LogP contribution in [0.3, 0.4) is 0 Å². The van der Waals surface area contributed by atoms with Crippen LogP contribution >= 0.6 is 24.0 Å². The fourth-order valence-electron chi connectivity index (χ4n) is 1.99. The highest BCUT2D eigenvalue weighted by molar-refractivity contribution is 6.30. The van der Waals surface area contributed by atoms with Crippen LogP contribution in [-0.2, 0) is 11.2 Å². The number of benzene rings is 1. The van der Waals surface area contributed by atoms with Crippen molar-refractivity contribution < 1.29 is 4.79 Å². The summed E-state index contributed by atoms with van der Waals surface area (Å²) in [5.74, 6) is -0.156. The highest BCUT2D eigenvalue weighted by Gasteiger charge is 2.22. The largest absolute Gasteiger partial charge is 0.355 e. The van der Waals surface area contributed by atoms with Crippen molar-refractivity contribution in [3.05, 3.63) is 34.9 Å². The Morgan fingerprint density at radius 2 is 2.00 bits per heavy atom. The minimum Gasteiger partial charge on any atom is -0.355 e. The number of amides is 1. The lowest BCUT2D eigenvalue weighted by atomic mass is 9.85. The standard InChI is InChI=1S/C16H25ClN2O.ClH/c1-11(12(2)18)15(20)19-10-16(3,4)9-13-6-5-7-14(17)8-13;/h5-8,11-12H,9-10,18H2,1-4H3,(H,19,20);1H. The van der Waals surface area contributed by atoms with Crippen molar-refractivity contribution >= 4 is 29.9 Å². The summed E-state index contributed by atoms with van der Waals surface area (Å²) in [4.78, 5) is 11.9. The average Bonchev–Trinajstić information content (AvgIpc) is 2.34. The molecule has 5 heteroatoms. The number of hydrogen-bond donors (Lipinski definition) is 2. The zero-order valence-corrected chi connectivity index (χ0v) is 14.7. The third kappa shape index (κ3) is 7.16. The van der Waals surface area contributed by atoms with Gasteiger partial charge in [-0.15, -0.1) is 12.4 Å². The first kappa shape index (κ1) is 20.2. The molecule has 120 valence electrons. The molecule has 0 aromatic heterocycles. The number of hydrogen-bond acceptors (Lipinski definition) is 2.